The van der Waals surface area contributed by atoms with Gasteiger partial charge in [-0.25, -0.2) is 19.4 Å². The Morgan fingerprint density at radius 1 is 0.947 bits per heavy atom. The Bertz CT molecular complexity index is 1290. The van der Waals surface area contributed by atoms with Crippen molar-refractivity contribution in [3.63, 3.8) is 0 Å². The molecule has 2 aromatic carbocycles. The van der Waals surface area contributed by atoms with Crippen molar-refractivity contribution in [3.05, 3.63) is 60.5 Å². The number of hydrogen-bond acceptors (Lipinski definition) is 10. The van der Waals surface area contributed by atoms with Gasteiger partial charge in [-0.05, 0) is 61.4 Å². The lowest BCUT2D eigenvalue weighted by molar-refractivity contribution is 0.108. The summed E-state index contributed by atoms with van der Waals surface area (Å²) >= 11 is 0. The van der Waals surface area contributed by atoms with E-state index < -0.39 is 0 Å². The number of nitrogens with one attached hydrogen (secondary N) is 2. The van der Waals surface area contributed by atoms with Crippen molar-refractivity contribution in [2.75, 3.05) is 61.3 Å². The molecular formula is C27H31FN8O2. The van der Waals surface area contributed by atoms with Crippen molar-refractivity contribution < 1.29 is 14.2 Å². The fraction of sp³-hybridized carbons (Fsp3) is 0.370. The first-order valence-corrected chi connectivity index (χ1v) is 13.0. The molecule has 10 nitrogen and oxygen atoms in total. The maximum Gasteiger partial charge on any atom is 0.227 e. The Morgan fingerprint density at radius 2 is 1.74 bits per heavy atom. The van der Waals surface area contributed by atoms with Gasteiger partial charge in [0.2, 0.25) is 11.9 Å². The SMILES string of the molecule is OC1CCN(C2=NCN(c3ccc(Nc4nccc(-c5cc(F)cc(N6CCOCC6)c5)n4)cc3)N2)CC1. The van der Waals surface area contributed by atoms with Gasteiger partial charge in [0, 0.05) is 49.3 Å². The van der Waals surface area contributed by atoms with Gasteiger partial charge in [-0.2, -0.15) is 0 Å². The molecule has 38 heavy (non-hydrogen) atoms. The Labute approximate surface area is 220 Å². The molecule has 3 N–H and O–H groups in total. The van der Waals surface area contributed by atoms with Crippen LogP contribution in [0, 0.1) is 5.82 Å². The number of piperidine rings is 1. The van der Waals surface area contributed by atoms with Crippen LogP contribution in [0.15, 0.2) is 59.7 Å². The van der Waals surface area contributed by atoms with Crippen molar-refractivity contribution in [2.45, 2.75) is 18.9 Å². The lowest BCUT2D eigenvalue weighted by Crippen LogP contribution is -2.48. The number of nitrogens with zero attached hydrogens (tertiary/aromatic N) is 6. The van der Waals surface area contributed by atoms with Gasteiger partial charge in [-0.1, -0.05) is 0 Å². The summed E-state index contributed by atoms with van der Waals surface area (Å²) < 4.78 is 19.9. The quantitative estimate of drug-likeness (QED) is 0.471. The van der Waals surface area contributed by atoms with Crippen molar-refractivity contribution in [3.8, 4) is 11.3 Å². The normalized spacial score (nSPS) is 18.4. The zero-order valence-electron chi connectivity index (χ0n) is 21.1. The van der Waals surface area contributed by atoms with Gasteiger partial charge < -0.3 is 25.0 Å². The number of halogens is 1. The van der Waals surface area contributed by atoms with E-state index >= 15 is 0 Å². The average Bonchev–Trinajstić information content (AvgIpc) is 3.45. The summed E-state index contributed by atoms with van der Waals surface area (Å²) in [6.45, 7) is 4.86. The van der Waals surface area contributed by atoms with Crippen LogP contribution in [0.2, 0.25) is 0 Å². The molecule has 0 atom stereocenters. The third-order valence-electron chi connectivity index (χ3n) is 7.01. The number of morpholine rings is 1. The highest BCUT2D eigenvalue weighted by Crippen LogP contribution is 2.27. The first-order valence-electron chi connectivity index (χ1n) is 13.0. The fourth-order valence-corrected chi connectivity index (χ4v) is 4.88. The second-order valence-electron chi connectivity index (χ2n) is 9.62. The largest absolute Gasteiger partial charge is 0.393 e. The number of benzene rings is 2. The predicted octanol–water partition coefficient (Wildman–Crippen LogP) is 2.96. The topological polar surface area (TPSA) is 101 Å². The Balaban J connectivity index is 1.11. The number of aliphatic imine (C=N–C) groups is 1. The van der Waals surface area contributed by atoms with E-state index in [0.29, 0.717) is 37.1 Å². The molecule has 0 aliphatic carbocycles. The van der Waals surface area contributed by atoms with Crippen molar-refractivity contribution in [1.82, 2.24) is 20.3 Å². The summed E-state index contributed by atoms with van der Waals surface area (Å²) in [5.74, 6) is 0.983. The number of hydrogen-bond donors (Lipinski definition) is 3. The summed E-state index contributed by atoms with van der Waals surface area (Å²) in [6, 6.07) is 14.7. The van der Waals surface area contributed by atoms with E-state index in [-0.39, 0.29) is 11.9 Å². The van der Waals surface area contributed by atoms with E-state index in [4.69, 9.17) is 4.74 Å². The Hall–Kier alpha value is -3.96. The van der Waals surface area contributed by atoms with Crippen molar-refractivity contribution in [1.29, 1.82) is 0 Å². The van der Waals surface area contributed by atoms with Crippen LogP contribution in [0.3, 0.4) is 0 Å². The van der Waals surface area contributed by atoms with E-state index in [1.807, 2.05) is 35.3 Å². The molecule has 2 fully saturated rings. The van der Waals surface area contributed by atoms with E-state index in [9.17, 15) is 9.50 Å². The molecule has 2 saturated heterocycles. The van der Waals surface area contributed by atoms with Crippen LogP contribution in [-0.4, -0.2) is 78.1 Å². The van der Waals surface area contributed by atoms with Crippen LogP contribution in [-0.2, 0) is 4.74 Å². The molecule has 4 heterocycles. The van der Waals surface area contributed by atoms with Crippen LogP contribution in [0.25, 0.3) is 11.3 Å². The summed E-state index contributed by atoms with van der Waals surface area (Å²) in [5, 5.41) is 15.0. The van der Waals surface area contributed by atoms with Gasteiger partial charge in [0.25, 0.3) is 0 Å². The van der Waals surface area contributed by atoms with Gasteiger partial charge in [-0.15, -0.1) is 0 Å². The van der Waals surface area contributed by atoms with E-state index in [1.165, 1.54) is 6.07 Å². The number of anilines is 4. The zero-order chi connectivity index (χ0) is 25.9. The monoisotopic (exact) mass is 518 g/mol. The fourth-order valence-electron chi connectivity index (χ4n) is 4.88. The molecule has 0 radical (unpaired) electrons. The van der Waals surface area contributed by atoms with Gasteiger partial charge in [-0.3, -0.25) is 10.4 Å². The summed E-state index contributed by atoms with van der Waals surface area (Å²) in [7, 11) is 0. The summed E-state index contributed by atoms with van der Waals surface area (Å²) in [5.41, 5.74) is 7.35. The molecule has 0 saturated carbocycles. The lowest BCUT2D eigenvalue weighted by atomic mass is 10.1. The molecule has 1 aromatic heterocycles. The zero-order valence-corrected chi connectivity index (χ0v) is 21.1. The van der Waals surface area contributed by atoms with Gasteiger partial charge >= 0.3 is 0 Å². The van der Waals surface area contributed by atoms with Crippen LogP contribution >= 0.6 is 0 Å². The first kappa shape index (κ1) is 24.4. The molecule has 3 aromatic rings. The number of hydrazine groups is 1. The maximum atomic E-state index is 14.5. The van der Waals surface area contributed by atoms with Gasteiger partial charge in [0.15, 0.2) is 0 Å². The number of guanidine groups is 1. The highest BCUT2D eigenvalue weighted by molar-refractivity contribution is 5.84. The Morgan fingerprint density at radius 3 is 2.53 bits per heavy atom. The average molecular weight is 519 g/mol. The second kappa shape index (κ2) is 10.8. The van der Waals surface area contributed by atoms with Crippen LogP contribution in [0.4, 0.5) is 27.4 Å². The molecule has 3 aliphatic heterocycles. The van der Waals surface area contributed by atoms with Gasteiger partial charge in [0.1, 0.15) is 12.5 Å². The van der Waals surface area contributed by atoms with Crippen LogP contribution < -0.4 is 20.7 Å². The molecule has 3 aliphatic rings. The third kappa shape index (κ3) is 5.48. The standard InChI is InChI=1S/C27H31FN8O2/c28-20-15-19(16-23(17-20)34-11-13-38-14-12-34)25-5-8-29-26(32-25)31-21-1-3-22(4-2-21)36-18-30-27(33-36)35-9-6-24(37)7-10-35/h1-5,8,15-17,24,37H,6-7,9-14,18H2,(H,30,33)(H,29,31,32). The minimum Gasteiger partial charge on any atom is -0.393 e. The lowest BCUT2D eigenvalue weighted by Gasteiger charge is -2.31. The van der Waals surface area contributed by atoms with E-state index in [2.05, 4.69) is 35.5 Å². The second-order valence-corrected chi connectivity index (χ2v) is 9.62. The van der Waals surface area contributed by atoms with Crippen molar-refractivity contribution >= 4 is 29.0 Å². The van der Waals surface area contributed by atoms with Crippen LogP contribution in [0.1, 0.15) is 12.8 Å². The van der Waals surface area contributed by atoms with Gasteiger partial charge in [0.05, 0.1) is 30.7 Å². The highest BCUT2D eigenvalue weighted by atomic mass is 19.1. The van der Waals surface area contributed by atoms with E-state index in [1.54, 1.807) is 18.3 Å². The van der Waals surface area contributed by atoms with Crippen LogP contribution in [0.5, 0.6) is 0 Å². The molecule has 0 unspecified atom stereocenters. The third-order valence-corrected chi connectivity index (χ3v) is 7.01. The molecule has 198 valence electrons. The Kier molecular flexibility index (Phi) is 6.93. The molecule has 6 rings (SSSR count). The summed E-state index contributed by atoms with van der Waals surface area (Å²) in [6.07, 6.45) is 2.98. The summed E-state index contributed by atoms with van der Waals surface area (Å²) in [4.78, 5) is 17.9. The number of likely N-dealkylation sites (tertiary alicyclic amines) is 1. The minimum absolute atomic E-state index is 0.213. The molecule has 0 bridgehead atoms. The number of aromatic nitrogens is 2. The molecule has 11 heteroatoms. The van der Waals surface area contributed by atoms with E-state index in [0.717, 1.165) is 62.0 Å². The van der Waals surface area contributed by atoms with Crippen molar-refractivity contribution in [2.24, 2.45) is 4.99 Å². The minimum atomic E-state index is -0.298. The molecular weight excluding hydrogens is 487 g/mol. The number of ether oxygens (including phenoxy) is 1. The number of aliphatic hydroxyl groups is 1. The molecule has 0 amide bonds. The maximum absolute atomic E-state index is 14.5. The number of rotatable bonds is 5. The predicted molar refractivity (Wildman–Crippen MR) is 145 cm³/mol. The molecule has 0 spiro atoms. The smallest absolute Gasteiger partial charge is 0.227 e. The highest BCUT2D eigenvalue weighted by Gasteiger charge is 2.24. The first-order chi connectivity index (χ1) is 18.6. The number of aliphatic hydroxyl groups excluding tert-OH is 1.